The molecule has 7 aromatic carbocycles. The molecule has 0 radical (unpaired) electrons. The minimum Gasteiger partial charge on any atom is -0.456 e. The summed E-state index contributed by atoms with van der Waals surface area (Å²) in [5, 5.41) is 2.27. The lowest BCUT2D eigenvalue weighted by Crippen LogP contribution is -2.05. The Balaban J connectivity index is 1.17. The van der Waals surface area contributed by atoms with Gasteiger partial charge in [-0.2, -0.15) is 4.58 Å². The highest BCUT2D eigenvalue weighted by atomic mass is 16.3. The molecule has 51 heavy (non-hydrogen) atoms. The zero-order valence-electron chi connectivity index (χ0n) is 28.8. The maximum atomic E-state index is 6.09. The summed E-state index contributed by atoms with van der Waals surface area (Å²) in [6, 6.07) is 60.4. The van der Waals surface area contributed by atoms with E-state index >= 15 is 0 Å². The molecule has 0 unspecified atom stereocenters. The number of nitrogens with zero attached hydrogens (tertiary/aromatic N) is 1. The molecule has 2 nitrogen and oxygen atoms in total. The van der Waals surface area contributed by atoms with Crippen molar-refractivity contribution in [3.05, 3.63) is 199 Å². The summed E-state index contributed by atoms with van der Waals surface area (Å²) in [6.45, 7) is 4.19. The number of hydrogen-bond donors (Lipinski definition) is 0. The van der Waals surface area contributed by atoms with E-state index in [4.69, 9.17) is 4.42 Å². The molecular weight excluding hydrogens is 619 g/mol. The predicted molar refractivity (Wildman–Crippen MR) is 218 cm³/mol. The molecule has 0 aliphatic carbocycles. The molecule has 1 heterocycles. The molecule has 8 rings (SSSR count). The van der Waals surface area contributed by atoms with E-state index in [1.807, 2.05) is 12.1 Å². The van der Waals surface area contributed by atoms with Crippen LogP contribution in [0.4, 0.5) is 11.4 Å². The normalized spacial score (nSPS) is 12.3. The minimum absolute atomic E-state index is 0.907. The number of aryl methyl sites for hydroxylation is 1. The molecule has 0 saturated carbocycles. The zero-order chi connectivity index (χ0) is 34.6. The van der Waals surface area contributed by atoms with Gasteiger partial charge in [0.2, 0.25) is 11.4 Å². The Morgan fingerprint density at radius 2 is 1.00 bits per heavy atom. The van der Waals surface area contributed by atoms with E-state index in [0.717, 1.165) is 55.6 Å². The highest BCUT2D eigenvalue weighted by Gasteiger charge is 2.15. The first kappa shape index (κ1) is 31.7. The van der Waals surface area contributed by atoms with Crippen LogP contribution >= 0.6 is 0 Å². The van der Waals surface area contributed by atoms with Crippen LogP contribution in [0.1, 0.15) is 18.1 Å². The van der Waals surface area contributed by atoms with Gasteiger partial charge in [0.25, 0.3) is 0 Å². The van der Waals surface area contributed by atoms with Gasteiger partial charge >= 0.3 is 0 Å². The topological polar surface area (TPSA) is 16.1 Å². The number of rotatable bonds is 8. The quantitative estimate of drug-likeness (QED) is 0.0903. The predicted octanol–water partition coefficient (Wildman–Crippen LogP) is 13.5. The lowest BCUT2D eigenvalue weighted by molar-refractivity contribution is 0.669. The van der Waals surface area contributed by atoms with Gasteiger partial charge in [-0.15, -0.1) is 0 Å². The van der Waals surface area contributed by atoms with Crippen LogP contribution in [0.3, 0.4) is 0 Å². The maximum Gasteiger partial charge on any atom is 0.211 e. The van der Waals surface area contributed by atoms with Gasteiger partial charge in [0.1, 0.15) is 11.2 Å². The average Bonchev–Trinajstić information content (AvgIpc) is 3.57. The standard InChI is InChI=1S/C49H38NO/c1-3-9-36(39-18-20-40(21-19-39)37-10-5-4-6-11-37)32-33-50(44-27-22-41(23-28-44)38-16-14-35(2)15-17-38)45-29-24-42(25-30-45)43-26-31-49-47(34-43)46-12-7-8-13-48(46)51-49/h3-34H,1-2H3/q+1/b9-3-,36-32+,50-33?. The second-order valence-corrected chi connectivity index (χ2v) is 12.9. The SMILES string of the molecule is C/C=C\C(=C/C=[N+](c1ccc(-c2ccc(C)cc2)cc1)c1ccc(-c2ccc3oc4ccccc4c3c2)cc1)c1ccc(-c2ccccc2)cc1. The summed E-state index contributed by atoms with van der Waals surface area (Å²) >= 11 is 0. The number of para-hydroxylation sites is 1. The number of furan rings is 1. The molecule has 0 atom stereocenters. The second kappa shape index (κ2) is 14.2. The van der Waals surface area contributed by atoms with Crippen LogP contribution in [0.5, 0.6) is 0 Å². The molecule has 2 heteroatoms. The van der Waals surface area contributed by atoms with E-state index in [-0.39, 0.29) is 0 Å². The first-order valence-corrected chi connectivity index (χ1v) is 17.4. The van der Waals surface area contributed by atoms with E-state index in [2.05, 4.69) is 201 Å². The van der Waals surface area contributed by atoms with Crippen molar-refractivity contribution in [1.29, 1.82) is 0 Å². The van der Waals surface area contributed by atoms with Gasteiger partial charge < -0.3 is 4.42 Å². The molecular formula is C49H38NO+. The van der Waals surface area contributed by atoms with E-state index < -0.39 is 0 Å². The second-order valence-electron chi connectivity index (χ2n) is 12.9. The summed E-state index contributed by atoms with van der Waals surface area (Å²) < 4.78 is 8.35. The summed E-state index contributed by atoms with van der Waals surface area (Å²) in [5.74, 6) is 0. The molecule has 0 N–H and O–H groups in total. The smallest absolute Gasteiger partial charge is 0.211 e. The van der Waals surface area contributed by atoms with Crippen LogP contribution < -0.4 is 4.58 Å². The lowest BCUT2D eigenvalue weighted by Gasteiger charge is -2.08. The first-order valence-electron chi connectivity index (χ1n) is 17.4. The Morgan fingerprint density at radius 3 is 1.65 bits per heavy atom. The highest BCUT2D eigenvalue weighted by molar-refractivity contribution is 6.06. The summed E-state index contributed by atoms with van der Waals surface area (Å²) in [5.41, 5.74) is 14.7. The van der Waals surface area contributed by atoms with Crippen LogP contribution in [0.15, 0.2) is 193 Å². The lowest BCUT2D eigenvalue weighted by atomic mass is 10.00. The van der Waals surface area contributed by atoms with Gasteiger partial charge in [0, 0.05) is 41.1 Å². The monoisotopic (exact) mass is 656 g/mol. The fourth-order valence-electron chi connectivity index (χ4n) is 6.67. The third kappa shape index (κ3) is 6.73. The van der Waals surface area contributed by atoms with Crippen molar-refractivity contribution in [3.63, 3.8) is 0 Å². The fourth-order valence-corrected chi connectivity index (χ4v) is 6.67. The molecule has 0 aliphatic heterocycles. The summed E-state index contributed by atoms with van der Waals surface area (Å²) in [4.78, 5) is 0. The summed E-state index contributed by atoms with van der Waals surface area (Å²) in [7, 11) is 0. The molecule has 244 valence electrons. The Labute approximate surface area is 299 Å². The Hall–Kier alpha value is -6.51. The molecule has 1 aromatic heterocycles. The minimum atomic E-state index is 0.907. The summed E-state index contributed by atoms with van der Waals surface area (Å²) in [6.07, 6.45) is 8.66. The van der Waals surface area contributed by atoms with Gasteiger partial charge in [-0.25, -0.2) is 0 Å². The Kier molecular flexibility index (Phi) is 8.81. The highest BCUT2D eigenvalue weighted by Crippen LogP contribution is 2.34. The van der Waals surface area contributed by atoms with Crippen LogP contribution in [-0.4, -0.2) is 6.21 Å². The van der Waals surface area contributed by atoms with Crippen LogP contribution in [-0.2, 0) is 0 Å². The largest absolute Gasteiger partial charge is 0.456 e. The number of allylic oxidation sites excluding steroid dienone is 4. The number of fused-ring (bicyclic) bond motifs is 3. The Morgan fingerprint density at radius 1 is 0.490 bits per heavy atom. The molecule has 0 amide bonds. The van der Waals surface area contributed by atoms with Crippen molar-refractivity contribution >= 4 is 45.1 Å². The van der Waals surface area contributed by atoms with Crippen molar-refractivity contribution in [2.45, 2.75) is 13.8 Å². The van der Waals surface area contributed by atoms with Crippen molar-refractivity contribution < 1.29 is 4.42 Å². The molecule has 8 aromatic rings. The van der Waals surface area contributed by atoms with Crippen molar-refractivity contribution in [1.82, 2.24) is 4.58 Å². The van der Waals surface area contributed by atoms with Crippen LogP contribution in [0.2, 0.25) is 0 Å². The zero-order valence-corrected chi connectivity index (χ0v) is 28.8. The van der Waals surface area contributed by atoms with Gasteiger partial charge in [-0.3, -0.25) is 0 Å². The molecule has 0 saturated heterocycles. The molecule has 0 spiro atoms. The number of benzene rings is 7. The van der Waals surface area contributed by atoms with Gasteiger partial charge in [0.15, 0.2) is 6.21 Å². The van der Waals surface area contributed by atoms with E-state index in [1.54, 1.807) is 0 Å². The third-order valence-electron chi connectivity index (χ3n) is 9.46. The van der Waals surface area contributed by atoms with Crippen molar-refractivity contribution in [3.8, 4) is 33.4 Å². The van der Waals surface area contributed by atoms with Crippen molar-refractivity contribution in [2.75, 3.05) is 0 Å². The molecule has 0 bridgehead atoms. The molecule has 0 aliphatic rings. The van der Waals surface area contributed by atoms with E-state index in [9.17, 15) is 0 Å². The van der Waals surface area contributed by atoms with E-state index in [0.29, 0.717) is 0 Å². The average molecular weight is 657 g/mol. The number of hydrogen-bond acceptors (Lipinski definition) is 1. The van der Waals surface area contributed by atoms with Crippen molar-refractivity contribution in [2.24, 2.45) is 0 Å². The third-order valence-corrected chi connectivity index (χ3v) is 9.46. The fraction of sp³-hybridized carbons (Fsp3) is 0.0408. The van der Waals surface area contributed by atoms with Gasteiger partial charge in [-0.05, 0) is 101 Å². The Bertz CT molecular complexity index is 2530. The van der Waals surface area contributed by atoms with Gasteiger partial charge in [0.05, 0.1) is 0 Å². The van der Waals surface area contributed by atoms with E-state index in [1.165, 1.54) is 27.8 Å². The maximum absolute atomic E-state index is 6.09. The van der Waals surface area contributed by atoms with Gasteiger partial charge in [-0.1, -0.05) is 121 Å². The van der Waals surface area contributed by atoms with Crippen LogP contribution in [0.25, 0.3) is 60.9 Å². The van der Waals surface area contributed by atoms with Crippen LogP contribution in [0, 0.1) is 6.92 Å². The molecule has 0 fully saturated rings. The first-order chi connectivity index (χ1) is 25.1.